The molecule has 1 aliphatic heterocycles. The Morgan fingerprint density at radius 2 is 2.31 bits per heavy atom. The first-order valence-corrected chi connectivity index (χ1v) is 4.71. The molecule has 0 spiro atoms. The molecule has 0 aliphatic carbocycles. The van der Waals surface area contributed by atoms with E-state index in [0.717, 1.165) is 32.0 Å². The second-order valence-electron chi connectivity index (χ2n) is 3.69. The fraction of sp³-hybridized carbons (Fsp3) is 0.667. The SMILES string of the molecule is Cc1nccn1CCN1CC(N)C1. The van der Waals surface area contributed by atoms with Crippen molar-refractivity contribution >= 4 is 0 Å². The minimum absolute atomic E-state index is 0.406. The van der Waals surface area contributed by atoms with Crippen molar-refractivity contribution in [1.82, 2.24) is 14.5 Å². The maximum absolute atomic E-state index is 5.69. The monoisotopic (exact) mass is 180 g/mol. The summed E-state index contributed by atoms with van der Waals surface area (Å²) in [6.45, 7) is 6.24. The molecule has 4 heteroatoms. The fourth-order valence-electron chi connectivity index (χ4n) is 1.68. The van der Waals surface area contributed by atoms with Crippen molar-refractivity contribution in [3.8, 4) is 0 Å². The normalized spacial score (nSPS) is 18.9. The van der Waals surface area contributed by atoms with E-state index in [1.807, 2.05) is 19.3 Å². The number of likely N-dealkylation sites (tertiary alicyclic amines) is 1. The van der Waals surface area contributed by atoms with Crippen molar-refractivity contribution in [2.45, 2.75) is 19.5 Å². The third-order valence-electron chi connectivity index (χ3n) is 2.57. The lowest BCUT2D eigenvalue weighted by Crippen LogP contribution is -2.56. The number of rotatable bonds is 3. The zero-order valence-electron chi connectivity index (χ0n) is 7.98. The van der Waals surface area contributed by atoms with Crippen LogP contribution >= 0.6 is 0 Å². The number of hydrogen-bond donors (Lipinski definition) is 1. The van der Waals surface area contributed by atoms with Crippen LogP contribution in [0.5, 0.6) is 0 Å². The minimum Gasteiger partial charge on any atom is -0.334 e. The predicted molar refractivity (Wildman–Crippen MR) is 51.4 cm³/mol. The van der Waals surface area contributed by atoms with Crippen LogP contribution in [-0.4, -0.2) is 40.1 Å². The Hall–Kier alpha value is -0.870. The van der Waals surface area contributed by atoms with Gasteiger partial charge in [0.05, 0.1) is 0 Å². The summed E-state index contributed by atoms with van der Waals surface area (Å²) in [4.78, 5) is 6.54. The molecule has 1 aromatic heterocycles. The number of nitrogens with two attached hydrogens (primary N) is 1. The largest absolute Gasteiger partial charge is 0.334 e. The molecule has 0 unspecified atom stereocenters. The Kier molecular flexibility index (Phi) is 2.33. The van der Waals surface area contributed by atoms with Gasteiger partial charge in [-0.3, -0.25) is 4.90 Å². The van der Waals surface area contributed by atoms with Crippen LogP contribution in [-0.2, 0) is 6.54 Å². The number of aromatic nitrogens is 2. The zero-order chi connectivity index (χ0) is 9.26. The lowest BCUT2D eigenvalue weighted by Gasteiger charge is -2.36. The molecule has 1 aliphatic rings. The summed E-state index contributed by atoms with van der Waals surface area (Å²) in [5.74, 6) is 1.09. The van der Waals surface area contributed by atoms with Gasteiger partial charge in [0.15, 0.2) is 0 Å². The van der Waals surface area contributed by atoms with Crippen molar-refractivity contribution in [3.63, 3.8) is 0 Å². The van der Waals surface area contributed by atoms with Crippen LogP contribution in [0.2, 0.25) is 0 Å². The van der Waals surface area contributed by atoms with E-state index < -0.39 is 0 Å². The molecule has 0 saturated carbocycles. The molecular weight excluding hydrogens is 164 g/mol. The van der Waals surface area contributed by atoms with Crippen LogP contribution in [0.25, 0.3) is 0 Å². The molecule has 0 bridgehead atoms. The number of hydrogen-bond acceptors (Lipinski definition) is 3. The molecule has 1 fully saturated rings. The highest BCUT2D eigenvalue weighted by molar-refractivity contribution is 4.89. The van der Waals surface area contributed by atoms with E-state index in [1.165, 1.54) is 0 Å². The Bertz CT molecular complexity index is 275. The van der Waals surface area contributed by atoms with Crippen LogP contribution in [0.4, 0.5) is 0 Å². The van der Waals surface area contributed by atoms with Crippen molar-refractivity contribution < 1.29 is 0 Å². The lowest BCUT2D eigenvalue weighted by atomic mass is 10.1. The predicted octanol–water partition coefficient (Wildman–Crippen LogP) is -0.166. The van der Waals surface area contributed by atoms with E-state index in [0.29, 0.717) is 6.04 Å². The summed E-state index contributed by atoms with van der Waals surface area (Å²) in [6, 6.07) is 0.406. The van der Waals surface area contributed by atoms with Gasteiger partial charge in [0, 0.05) is 44.6 Å². The average Bonchev–Trinajstić information content (AvgIpc) is 2.43. The van der Waals surface area contributed by atoms with Gasteiger partial charge in [-0.1, -0.05) is 0 Å². The smallest absolute Gasteiger partial charge is 0.105 e. The minimum atomic E-state index is 0.406. The summed E-state index contributed by atoms with van der Waals surface area (Å²) in [7, 11) is 0. The van der Waals surface area contributed by atoms with Crippen LogP contribution in [0.15, 0.2) is 12.4 Å². The zero-order valence-corrected chi connectivity index (χ0v) is 7.98. The summed E-state index contributed by atoms with van der Waals surface area (Å²) < 4.78 is 2.17. The topological polar surface area (TPSA) is 47.1 Å². The van der Waals surface area contributed by atoms with Crippen molar-refractivity contribution in [2.75, 3.05) is 19.6 Å². The molecule has 1 saturated heterocycles. The highest BCUT2D eigenvalue weighted by atomic mass is 15.2. The molecule has 0 atom stereocenters. The van der Waals surface area contributed by atoms with Gasteiger partial charge in [-0.05, 0) is 6.92 Å². The van der Waals surface area contributed by atoms with E-state index in [1.54, 1.807) is 0 Å². The van der Waals surface area contributed by atoms with Gasteiger partial charge in [-0.15, -0.1) is 0 Å². The molecule has 2 heterocycles. The molecule has 0 amide bonds. The molecule has 13 heavy (non-hydrogen) atoms. The third-order valence-corrected chi connectivity index (χ3v) is 2.57. The molecule has 4 nitrogen and oxygen atoms in total. The second kappa shape index (κ2) is 3.47. The first kappa shape index (κ1) is 8.72. The number of nitrogens with zero attached hydrogens (tertiary/aromatic N) is 3. The van der Waals surface area contributed by atoms with E-state index >= 15 is 0 Å². The van der Waals surface area contributed by atoms with Gasteiger partial charge in [-0.25, -0.2) is 4.98 Å². The molecule has 72 valence electrons. The first-order chi connectivity index (χ1) is 6.25. The quantitative estimate of drug-likeness (QED) is 0.703. The van der Waals surface area contributed by atoms with Crippen LogP contribution in [0.1, 0.15) is 5.82 Å². The molecule has 2 rings (SSSR count). The maximum atomic E-state index is 5.69. The van der Waals surface area contributed by atoms with Crippen LogP contribution in [0.3, 0.4) is 0 Å². The molecular formula is C9H16N4. The average molecular weight is 180 g/mol. The van der Waals surface area contributed by atoms with E-state index in [9.17, 15) is 0 Å². The van der Waals surface area contributed by atoms with Gasteiger partial charge in [0.25, 0.3) is 0 Å². The second-order valence-corrected chi connectivity index (χ2v) is 3.69. The Morgan fingerprint density at radius 1 is 1.54 bits per heavy atom. The van der Waals surface area contributed by atoms with E-state index in [2.05, 4.69) is 14.5 Å². The summed E-state index contributed by atoms with van der Waals surface area (Å²) in [6.07, 6.45) is 3.87. The summed E-state index contributed by atoms with van der Waals surface area (Å²) in [5, 5.41) is 0. The van der Waals surface area contributed by atoms with Crippen molar-refractivity contribution in [1.29, 1.82) is 0 Å². The van der Waals surface area contributed by atoms with Gasteiger partial charge in [0.2, 0.25) is 0 Å². The Labute approximate surface area is 78.4 Å². The molecule has 0 aromatic carbocycles. The number of imidazole rings is 1. The highest BCUT2D eigenvalue weighted by Gasteiger charge is 2.21. The van der Waals surface area contributed by atoms with Crippen LogP contribution < -0.4 is 5.73 Å². The third kappa shape index (κ3) is 1.89. The number of aryl methyl sites for hydroxylation is 1. The van der Waals surface area contributed by atoms with Gasteiger partial charge in [-0.2, -0.15) is 0 Å². The molecule has 1 aromatic rings. The Balaban J connectivity index is 1.77. The summed E-state index contributed by atoms with van der Waals surface area (Å²) >= 11 is 0. The van der Waals surface area contributed by atoms with E-state index in [-0.39, 0.29) is 0 Å². The van der Waals surface area contributed by atoms with Gasteiger partial charge < -0.3 is 10.3 Å². The molecule has 0 radical (unpaired) electrons. The van der Waals surface area contributed by atoms with E-state index in [4.69, 9.17) is 5.73 Å². The van der Waals surface area contributed by atoms with Crippen molar-refractivity contribution in [3.05, 3.63) is 18.2 Å². The van der Waals surface area contributed by atoms with Gasteiger partial charge in [0.1, 0.15) is 5.82 Å². The lowest BCUT2D eigenvalue weighted by molar-refractivity contribution is 0.145. The summed E-state index contributed by atoms with van der Waals surface area (Å²) in [5.41, 5.74) is 5.69. The van der Waals surface area contributed by atoms with Crippen molar-refractivity contribution in [2.24, 2.45) is 5.73 Å². The first-order valence-electron chi connectivity index (χ1n) is 4.71. The Morgan fingerprint density at radius 3 is 2.85 bits per heavy atom. The highest BCUT2D eigenvalue weighted by Crippen LogP contribution is 2.05. The van der Waals surface area contributed by atoms with Gasteiger partial charge >= 0.3 is 0 Å². The molecule has 2 N–H and O–H groups in total. The van der Waals surface area contributed by atoms with Crippen LogP contribution in [0, 0.1) is 6.92 Å². The standard InChI is InChI=1S/C9H16N4/c1-8-11-2-3-13(8)5-4-12-6-9(10)7-12/h2-3,9H,4-7,10H2,1H3. The maximum Gasteiger partial charge on any atom is 0.105 e. The fourth-order valence-corrected chi connectivity index (χ4v) is 1.68.